The minimum absolute atomic E-state index is 0.321. The highest BCUT2D eigenvalue weighted by atomic mass is 35.5. The van der Waals surface area contributed by atoms with Crippen LogP contribution < -0.4 is 5.32 Å². The zero-order chi connectivity index (χ0) is 13.2. The molecule has 0 heterocycles. The summed E-state index contributed by atoms with van der Waals surface area (Å²) in [5.74, 6) is 0.321. The van der Waals surface area contributed by atoms with Gasteiger partial charge in [0.1, 0.15) is 5.75 Å². The number of phenols is 1. The van der Waals surface area contributed by atoms with Crippen molar-refractivity contribution in [2.24, 2.45) is 5.41 Å². The van der Waals surface area contributed by atoms with Crippen molar-refractivity contribution in [3.05, 3.63) is 28.8 Å². The van der Waals surface area contributed by atoms with Crippen molar-refractivity contribution in [1.29, 1.82) is 0 Å². The summed E-state index contributed by atoms with van der Waals surface area (Å²) < 4.78 is 0. The largest absolute Gasteiger partial charge is 0.508 e. The number of rotatable bonds is 3. The molecule has 1 atom stereocenters. The number of phenolic OH excluding ortho intramolecular Hbond substituents is 1. The van der Waals surface area contributed by atoms with Gasteiger partial charge in [-0.05, 0) is 42.9 Å². The molecule has 1 aliphatic rings. The van der Waals surface area contributed by atoms with Crippen LogP contribution in [0.25, 0.3) is 0 Å². The molecule has 1 fully saturated rings. The molecule has 1 aromatic carbocycles. The van der Waals surface area contributed by atoms with E-state index in [0.29, 0.717) is 28.8 Å². The highest BCUT2D eigenvalue weighted by Gasteiger charge is 2.27. The molecule has 1 aromatic rings. The summed E-state index contributed by atoms with van der Waals surface area (Å²) in [6, 6.07) is 5.75. The van der Waals surface area contributed by atoms with E-state index in [0.717, 1.165) is 5.56 Å². The van der Waals surface area contributed by atoms with Crippen LogP contribution in [0.3, 0.4) is 0 Å². The lowest BCUT2D eigenvalue weighted by atomic mass is 9.75. The zero-order valence-electron chi connectivity index (χ0n) is 11.2. The van der Waals surface area contributed by atoms with Crippen molar-refractivity contribution in [3.8, 4) is 5.75 Å². The average Bonchev–Trinajstić information content (AvgIpc) is 2.29. The number of hydrogen-bond donors (Lipinski definition) is 2. The van der Waals surface area contributed by atoms with Crippen molar-refractivity contribution in [1.82, 2.24) is 5.32 Å². The number of benzene rings is 1. The molecule has 1 saturated carbocycles. The van der Waals surface area contributed by atoms with Gasteiger partial charge in [-0.25, -0.2) is 0 Å². The highest BCUT2D eigenvalue weighted by Crippen LogP contribution is 2.35. The van der Waals surface area contributed by atoms with Crippen molar-refractivity contribution < 1.29 is 5.11 Å². The predicted molar refractivity (Wildman–Crippen MR) is 76.0 cm³/mol. The molecule has 0 aromatic heterocycles. The van der Waals surface area contributed by atoms with Crippen LogP contribution in [0.5, 0.6) is 5.75 Å². The lowest BCUT2D eigenvalue weighted by Gasteiger charge is -2.35. The molecular weight excluding hydrogens is 246 g/mol. The Morgan fingerprint density at radius 1 is 1.44 bits per heavy atom. The molecule has 0 saturated heterocycles. The van der Waals surface area contributed by atoms with Crippen LogP contribution >= 0.6 is 11.6 Å². The minimum Gasteiger partial charge on any atom is -0.508 e. The first-order valence-corrected chi connectivity index (χ1v) is 7.05. The fourth-order valence-corrected chi connectivity index (χ4v) is 3.02. The van der Waals surface area contributed by atoms with Crippen LogP contribution in [0.4, 0.5) is 0 Å². The Labute approximate surface area is 114 Å². The number of nitrogens with one attached hydrogen (secondary N) is 1. The third-order valence-corrected chi connectivity index (χ3v) is 4.06. The average molecular weight is 268 g/mol. The molecule has 3 heteroatoms. The Bertz CT molecular complexity index is 417. The Morgan fingerprint density at radius 2 is 2.22 bits per heavy atom. The second kappa shape index (κ2) is 5.50. The van der Waals surface area contributed by atoms with Gasteiger partial charge >= 0.3 is 0 Å². The Balaban J connectivity index is 1.93. The smallest absolute Gasteiger partial charge is 0.120 e. The summed E-state index contributed by atoms with van der Waals surface area (Å²) in [7, 11) is 0. The van der Waals surface area contributed by atoms with Crippen LogP contribution in [-0.2, 0) is 6.54 Å². The maximum absolute atomic E-state index is 9.77. The van der Waals surface area contributed by atoms with E-state index in [-0.39, 0.29) is 0 Å². The molecule has 1 unspecified atom stereocenters. The van der Waals surface area contributed by atoms with Gasteiger partial charge in [-0.15, -0.1) is 0 Å². The van der Waals surface area contributed by atoms with Gasteiger partial charge in [0.2, 0.25) is 0 Å². The van der Waals surface area contributed by atoms with Gasteiger partial charge in [-0.3, -0.25) is 0 Å². The topological polar surface area (TPSA) is 32.3 Å². The van der Waals surface area contributed by atoms with E-state index in [9.17, 15) is 5.11 Å². The van der Waals surface area contributed by atoms with E-state index < -0.39 is 0 Å². The summed E-state index contributed by atoms with van der Waals surface area (Å²) in [5.41, 5.74) is 1.32. The van der Waals surface area contributed by atoms with E-state index >= 15 is 0 Å². The van der Waals surface area contributed by atoms with Crippen molar-refractivity contribution in [2.75, 3.05) is 0 Å². The number of aromatic hydroxyl groups is 1. The standard InChI is InChI=1S/C15H22ClNO/c1-15(2)7-3-4-13(9-15)17-10-11-8-12(16)5-6-14(11)18/h5-6,8,13,17-18H,3-4,7,9-10H2,1-2H3. The lowest BCUT2D eigenvalue weighted by molar-refractivity contribution is 0.197. The van der Waals surface area contributed by atoms with Crippen molar-refractivity contribution >= 4 is 11.6 Å². The third kappa shape index (κ3) is 3.63. The molecule has 2 N–H and O–H groups in total. The van der Waals surface area contributed by atoms with E-state index in [2.05, 4.69) is 19.2 Å². The SMILES string of the molecule is CC1(C)CCCC(NCc2cc(Cl)ccc2O)C1. The first-order valence-electron chi connectivity index (χ1n) is 6.67. The molecule has 0 amide bonds. The quantitative estimate of drug-likeness (QED) is 0.864. The van der Waals surface area contributed by atoms with Gasteiger partial charge in [-0.1, -0.05) is 31.9 Å². The summed E-state index contributed by atoms with van der Waals surface area (Å²) in [6.45, 7) is 5.35. The molecular formula is C15H22ClNO. The summed E-state index contributed by atoms with van der Waals surface area (Å²) in [5, 5.41) is 14.0. The fraction of sp³-hybridized carbons (Fsp3) is 0.600. The molecule has 0 radical (unpaired) electrons. The molecule has 2 nitrogen and oxygen atoms in total. The molecule has 0 bridgehead atoms. The minimum atomic E-state index is 0.321. The maximum Gasteiger partial charge on any atom is 0.120 e. The van der Waals surface area contributed by atoms with Gasteiger partial charge < -0.3 is 10.4 Å². The van der Waals surface area contributed by atoms with Crippen molar-refractivity contribution in [3.63, 3.8) is 0 Å². The van der Waals surface area contributed by atoms with E-state index in [1.807, 2.05) is 6.07 Å². The monoisotopic (exact) mass is 267 g/mol. The molecule has 18 heavy (non-hydrogen) atoms. The first kappa shape index (κ1) is 13.7. The van der Waals surface area contributed by atoms with Crippen LogP contribution in [0.2, 0.25) is 5.02 Å². The number of hydrogen-bond acceptors (Lipinski definition) is 2. The van der Waals surface area contributed by atoms with Gasteiger partial charge in [-0.2, -0.15) is 0 Å². The summed E-state index contributed by atoms with van der Waals surface area (Å²) in [4.78, 5) is 0. The van der Waals surface area contributed by atoms with Crippen molar-refractivity contribution in [2.45, 2.75) is 52.1 Å². The van der Waals surface area contributed by atoms with Gasteiger partial charge in [0.25, 0.3) is 0 Å². The van der Waals surface area contributed by atoms with E-state index in [1.54, 1.807) is 12.1 Å². The van der Waals surface area contributed by atoms with Gasteiger partial charge in [0, 0.05) is 23.2 Å². The molecule has 0 aliphatic heterocycles. The van der Waals surface area contributed by atoms with Crippen LogP contribution in [0.15, 0.2) is 18.2 Å². The zero-order valence-corrected chi connectivity index (χ0v) is 11.9. The molecule has 100 valence electrons. The van der Waals surface area contributed by atoms with E-state index in [4.69, 9.17) is 11.6 Å². The second-order valence-corrected chi connectivity index (χ2v) is 6.55. The Kier molecular flexibility index (Phi) is 4.18. The molecule has 1 aliphatic carbocycles. The highest BCUT2D eigenvalue weighted by molar-refractivity contribution is 6.30. The summed E-state index contributed by atoms with van der Waals surface area (Å²) >= 11 is 5.94. The normalized spacial score (nSPS) is 22.9. The fourth-order valence-electron chi connectivity index (χ4n) is 2.82. The van der Waals surface area contributed by atoms with Gasteiger partial charge in [0.05, 0.1) is 0 Å². The third-order valence-electron chi connectivity index (χ3n) is 3.83. The van der Waals surface area contributed by atoms with Crippen LogP contribution in [0.1, 0.15) is 45.1 Å². The molecule has 2 rings (SSSR count). The predicted octanol–water partition coefficient (Wildman–Crippen LogP) is 4.10. The first-order chi connectivity index (χ1) is 8.46. The maximum atomic E-state index is 9.77. The second-order valence-electron chi connectivity index (χ2n) is 6.11. The van der Waals surface area contributed by atoms with Gasteiger partial charge in [0.15, 0.2) is 0 Å². The van der Waals surface area contributed by atoms with E-state index in [1.165, 1.54) is 25.7 Å². The summed E-state index contributed by atoms with van der Waals surface area (Å²) in [6.07, 6.45) is 5.03. The Hall–Kier alpha value is -0.730. The van der Waals surface area contributed by atoms with Crippen LogP contribution in [0, 0.1) is 5.41 Å². The number of halogens is 1. The van der Waals surface area contributed by atoms with Crippen LogP contribution in [-0.4, -0.2) is 11.1 Å². The lowest BCUT2D eigenvalue weighted by Crippen LogP contribution is -2.36. The Morgan fingerprint density at radius 3 is 2.94 bits per heavy atom. The molecule has 0 spiro atoms.